The number of amides is 2. The maximum absolute atomic E-state index is 12.1. The minimum atomic E-state index is -0.152. The van der Waals surface area contributed by atoms with E-state index in [-0.39, 0.29) is 6.03 Å². The average molecular weight is 334 g/mol. The fourth-order valence-electron chi connectivity index (χ4n) is 2.23. The van der Waals surface area contributed by atoms with Crippen molar-refractivity contribution in [3.05, 3.63) is 34.8 Å². The average Bonchev–Trinajstić information content (AvgIpc) is 3.03. The molecule has 0 saturated carbocycles. The van der Waals surface area contributed by atoms with Crippen molar-refractivity contribution in [3.63, 3.8) is 0 Å². The van der Waals surface area contributed by atoms with Crippen LogP contribution in [0.1, 0.15) is 10.6 Å². The van der Waals surface area contributed by atoms with Crippen LogP contribution in [-0.2, 0) is 11.2 Å². The fourth-order valence-corrected chi connectivity index (χ4v) is 2.99. The summed E-state index contributed by atoms with van der Waals surface area (Å²) in [5.74, 6) is 0.824. The predicted molar refractivity (Wildman–Crippen MR) is 87.1 cm³/mol. The summed E-state index contributed by atoms with van der Waals surface area (Å²) >= 11 is 1.39. The van der Waals surface area contributed by atoms with Crippen molar-refractivity contribution in [1.29, 1.82) is 0 Å². The van der Waals surface area contributed by atoms with Gasteiger partial charge in [0.25, 0.3) is 0 Å². The number of anilines is 1. The van der Waals surface area contributed by atoms with Crippen LogP contribution in [0.15, 0.2) is 24.3 Å². The monoisotopic (exact) mass is 334 g/mol. The van der Waals surface area contributed by atoms with E-state index >= 15 is 0 Å². The Bertz CT molecular complexity index is 653. The van der Waals surface area contributed by atoms with Gasteiger partial charge in [-0.1, -0.05) is 23.5 Å². The zero-order valence-electron chi connectivity index (χ0n) is 12.8. The second kappa shape index (κ2) is 7.38. The fraction of sp³-hybridized carbons (Fsp3) is 0.400. The summed E-state index contributed by atoms with van der Waals surface area (Å²) in [6.07, 6.45) is 0.676. The van der Waals surface area contributed by atoms with Gasteiger partial charge in [0.1, 0.15) is 10.8 Å². The molecule has 2 aromatic rings. The van der Waals surface area contributed by atoms with E-state index in [0.29, 0.717) is 37.9 Å². The molecule has 1 aromatic carbocycles. The van der Waals surface area contributed by atoms with Gasteiger partial charge in [-0.2, -0.15) is 0 Å². The molecule has 0 unspecified atom stereocenters. The van der Waals surface area contributed by atoms with Crippen molar-refractivity contribution in [2.75, 3.05) is 38.7 Å². The largest absolute Gasteiger partial charge is 0.497 e. The van der Waals surface area contributed by atoms with Gasteiger partial charge in [0, 0.05) is 19.5 Å². The molecule has 1 fully saturated rings. The molecule has 7 nitrogen and oxygen atoms in total. The van der Waals surface area contributed by atoms with E-state index in [9.17, 15) is 4.79 Å². The molecule has 122 valence electrons. The molecule has 1 saturated heterocycles. The first-order valence-corrected chi connectivity index (χ1v) is 8.15. The molecule has 0 spiro atoms. The van der Waals surface area contributed by atoms with E-state index in [1.165, 1.54) is 11.3 Å². The Morgan fingerprint density at radius 3 is 2.74 bits per heavy atom. The number of urea groups is 1. The molecule has 23 heavy (non-hydrogen) atoms. The minimum absolute atomic E-state index is 0.152. The molecule has 1 N–H and O–H groups in total. The molecule has 3 rings (SSSR count). The highest BCUT2D eigenvalue weighted by atomic mass is 32.1. The molecule has 0 atom stereocenters. The van der Waals surface area contributed by atoms with E-state index in [1.54, 1.807) is 12.0 Å². The maximum Gasteiger partial charge on any atom is 0.323 e. The van der Waals surface area contributed by atoms with Crippen LogP contribution >= 0.6 is 11.3 Å². The lowest BCUT2D eigenvalue weighted by Gasteiger charge is -2.26. The number of nitrogens with zero attached hydrogens (tertiary/aromatic N) is 3. The number of nitrogens with one attached hydrogen (secondary N) is 1. The van der Waals surface area contributed by atoms with Crippen molar-refractivity contribution >= 4 is 22.5 Å². The van der Waals surface area contributed by atoms with Crippen LogP contribution in [0.5, 0.6) is 5.75 Å². The van der Waals surface area contributed by atoms with Gasteiger partial charge in [-0.3, -0.25) is 5.32 Å². The van der Waals surface area contributed by atoms with Gasteiger partial charge in [-0.25, -0.2) is 4.79 Å². The molecule has 0 bridgehead atoms. The summed E-state index contributed by atoms with van der Waals surface area (Å²) in [5.41, 5.74) is 1.12. The first-order valence-electron chi connectivity index (χ1n) is 7.33. The van der Waals surface area contributed by atoms with Crippen LogP contribution in [0.2, 0.25) is 0 Å². The minimum Gasteiger partial charge on any atom is -0.497 e. The SMILES string of the molecule is COc1ccc(Cc2nnc(NC(=O)N3CCOCC3)s2)cc1. The molecule has 8 heteroatoms. The summed E-state index contributed by atoms with van der Waals surface area (Å²) in [6, 6.07) is 7.66. The third-order valence-electron chi connectivity index (χ3n) is 3.49. The molecule has 1 aliphatic rings. The van der Waals surface area contributed by atoms with E-state index in [2.05, 4.69) is 15.5 Å². The molecule has 1 aliphatic heterocycles. The lowest BCUT2D eigenvalue weighted by molar-refractivity contribution is 0.0564. The molecule has 0 radical (unpaired) electrons. The van der Waals surface area contributed by atoms with Crippen molar-refractivity contribution in [2.45, 2.75) is 6.42 Å². The van der Waals surface area contributed by atoms with Crippen molar-refractivity contribution in [3.8, 4) is 5.75 Å². The summed E-state index contributed by atoms with van der Waals surface area (Å²) in [4.78, 5) is 13.8. The second-order valence-electron chi connectivity index (χ2n) is 5.06. The number of carbonyl (C=O) groups excluding carboxylic acids is 1. The Hall–Kier alpha value is -2.19. The Balaban J connectivity index is 1.57. The number of carbonyl (C=O) groups is 1. The van der Waals surface area contributed by atoms with Gasteiger partial charge in [0.15, 0.2) is 0 Å². The van der Waals surface area contributed by atoms with Gasteiger partial charge in [0.05, 0.1) is 20.3 Å². The van der Waals surface area contributed by atoms with E-state index < -0.39 is 0 Å². The topological polar surface area (TPSA) is 76.6 Å². The normalized spacial score (nSPS) is 14.6. The predicted octanol–water partition coefficient (Wildman–Crippen LogP) is 2.00. The Labute approximate surface area is 138 Å². The summed E-state index contributed by atoms with van der Waals surface area (Å²) in [6.45, 7) is 2.35. The van der Waals surface area contributed by atoms with Crippen LogP contribution < -0.4 is 10.1 Å². The first kappa shape index (κ1) is 15.7. The molecule has 1 aromatic heterocycles. The van der Waals surface area contributed by atoms with Gasteiger partial charge in [0.2, 0.25) is 5.13 Å². The highest BCUT2D eigenvalue weighted by Gasteiger charge is 2.18. The number of hydrogen-bond acceptors (Lipinski definition) is 6. The third kappa shape index (κ3) is 4.17. The van der Waals surface area contributed by atoms with E-state index in [1.807, 2.05) is 24.3 Å². The Morgan fingerprint density at radius 2 is 2.04 bits per heavy atom. The number of benzene rings is 1. The number of aromatic nitrogens is 2. The van der Waals surface area contributed by atoms with Gasteiger partial charge >= 0.3 is 6.03 Å². The lowest BCUT2D eigenvalue weighted by atomic mass is 10.1. The van der Waals surface area contributed by atoms with Gasteiger partial charge in [-0.05, 0) is 17.7 Å². The molecule has 0 aliphatic carbocycles. The van der Waals surface area contributed by atoms with Crippen molar-refractivity contribution in [2.24, 2.45) is 0 Å². The molecular weight excluding hydrogens is 316 g/mol. The second-order valence-corrected chi connectivity index (χ2v) is 6.12. The van der Waals surface area contributed by atoms with Crippen molar-refractivity contribution in [1.82, 2.24) is 15.1 Å². The van der Waals surface area contributed by atoms with Gasteiger partial charge < -0.3 is 14.4 Å². The summed E-state index contributed by atoms with van der Waals surface area (Å²) in [5, 5.41) is 12.3. The van der Waals surface area contributed by atoms with Crippen LogP contribution in [0.3, 0.4) is 0 Å². The number of ether oxygens (including phenoxy) is 2. The highest BCUT2D eigenvalue weighted by molar-refractivity contribution is 7.15. The Morgan fingerprint density at radius 1 is 1.30 bits per heavy atom. The smallest absolute Gasteiger partial charge is 0.323 e. The quantitative estimate of drug-likeness (QED) is 0.925. The summed E-state index contributed by atoms with van der Waals surface area (Å²) in [7, 11) is 1.64. The van der Waals surface area contributed by atoms with Crippen LogP contribution in [0.4, 0.5) is 9.93 Å². The molecular formula is C15H18N4O3S. The standard InChI is InChI=1S/C15H18N4O3S/c1-21-12-4-2-11(3-5-12)10-13-17-18-14(23-13)16-15(20)19-6-8-22-9-7-19/h2-5H,6-10H2,1H3,(H,16,18,20). The van der Waals surface area contributed by atoms with E-state index in [0.717, 1.165) is 16.3 Å². The van der Waals surface area contributed by atoms with Crippen molar-refractivity contribution < 1.29 is 14.3 Å². The number of rotatable bonds is 4. The van der Waals surface area contributed by atoms with Gasteiger partial charge in [-0.15, -0.1) is 10.2 Å². The Kier molecular flexibility index (Phi) is 5.04. The van der Waals surface area contributed by atoms with Crippen LogP contribution in [0, 0.1) is 0 Å². The summed E-state index contributed by atoms with van der Waals surface area (Å²) < 4.78 is 10.4. The molecule has 2 heterocycles. The zero-order chi connectivity index (χ0) is 16.1. The highest BCUT2D eigenvalue weighted by Crippen LogP contribution is 2.20. The number of morpholine rings is 1. The third-order valence-corrected chi connectivity index (χ3v) is 4.33. The number of hydrogen-bond donors (Lipinski definition) is 1. The first-order chi connectivity index (χ1) is 11.2. The number of methoxy groups -OCH3 is 1. The van der Waals surface area contributed by atoms with Crippen LogP contribution in [0.25, 0.3) is 0 Å². The van der Waals surface area contributed by atoms with Crippen LogP contribution in [-0.4, -0.2) is 54.5 Å². The zero-order valence-corrected chi connectivity index (χ0v) is 13.6. The maximum atomic E-state index is 12.1. The van der Waals surface area contributed by atoms with E-state index in [4.69, 9.17) is 9.47 Å². The lowest BCUT2D eigenvalue weighted by Crippen LogP contribution is -2.43. The molecule has 2 amide bonds.